The number of ketones is 1. The first-order valence-corrected chi connectivity index (χ1v) is 3.82. The summed E-state index contributed by atoms with van der Waals surface area (Å²) in [4.78, 5) is 10.8. The van der Waals surface area contributed by atoms with Gasteiger partial charge in [0.1, 0.15) is 11.8 Å². The van der Waals surface area contributed by atoms with E-state index in [9.17, 15) is 4.79 Å². The average molecular weight is 175 g/mol. The summed E-state index contributed by atoms with van der Waals surface area (Å²) in [5, 5.41) is 8.32. The SMILES string of the molecule is COc1ccccc1CC(=O)C#N. The molecule has 0 aliphatic heterocycles. The number of methoxy groups -OCH3 is 1. The van der Waals surface area contributed by atoms with Gasteiger partial charge in [0.15, 0.2) is 0 Å². The predicted octanol–water partition coefficient (Wildman–Crippen LogP) is 1.33. The Morgan fingerprint density at radius 3 is 2.85 bits per heavy atom. The molecule has 3 nitrogen and oxygen atoms in total. The van der Waals surface area contributed by atoms with Gasteiger partial charge in [0.25, 0.3) is 0 Å². The molecule has 0 aliphatic carbocycles. The fraction of sp³-hybridized carbons (Fsp3) is 0.200. The molecule has 0 bridgehead atoms. The number of carbonyl (C=O) groups excluding carboxylic acids is 1. The first kappa shape index (κ1) is 9.27. The van der Waals surface area contributed by atoms with Crippen molar-refractivity contribution in [2.45, 2.75) is 6.42 Å². The van der Waals surface area contributed by atoms with Crippen molar-refractivity contribution < 1.29 is 9.53 Å². The molecule has 0 N–H and O–H groups in total. The van der Waals surface area contributed by atoms with Gasteiger partial charge in [-0.05, 0) is 6.07 Å². The Bertz CT molecular complexity index is 352. The van der Waals surface area contributed by atoms with Gasteiger partial charge in [-0.15, -0.1) is 0 Å². The largest absolute Gasteiger partial charge is 0.496 e. The third-order valence-corrected chi connectivity index (χ3v) is 1.67. The van der Waals surface area contributed by atoms with E-state index in [0.717, 1.165) is 5.56 Å². The molecule has 0 aliphatic rings. The van der Waals surface area contributed by atoms with Crippen molar-refractivity contribution in [3.8, 4) is 11.8 Å². The highest BCUT2D eigenvalue weighted by Gasteiger charge is 2.06. The number of Topliss-reactive ketones (excluding diaryl/α,β-unsaturated/α-hetero) is 1. The number of hydrogen-bond acceptors (Lipinski definition) is 3. The normalized spacial score (nSPS) is 8.92. The molecule has 0 fully saturated rings. The van der Waals surface area contributed by atoms with Gasteiger partial charge in [0.05, 0.1) is 7.11 Å². The number of nitriles is 1. The molecule has 1 aromatic rings. The molecule has 1 aromatic carbocycles. The number of hydrogen-bond donors (Lipinski definition) is 0. The lowest BCUT2D eigenvalue weighted by atomic mass is 10.1. The molecule has 0 saturated carbocycles. The molecular formula is C10H9NO2. The van der Waals surface area contributed by atoms with Crippen LogP contribution in [0.5, 0.6) is 5.75 Å². The van der Waals surface area contributed by atoms with Crippen LogP contribution in [0.15, 0.2) is 24.3 Å². The summed E-state index contributed by atoms with van der Waals surface area (Å²) in [6.07, 6.45) is 0.112. The van der Waals surface area contributed by atoms with Crippen molar-refractivity contribution in [3.05, 3.63) is 29.8 Å². The predicted molar refractivity (Wildman–Crippen MR) is 47.3 cm³/mol. The molecule has 0 amide bonds. The highest BCUT2D eigenvalue weighted by molar-refractivity contribution is 5.95. The average Bonchev–Trinajstić information content (AvgIpc) is 2.18. The Hall–Kier alpha value is -1.82. The summed E-state index contributed by atoms with van der Waals surface area (Å²) in [7, 11) is 1.54. The van der Waals surface area contributed by atoms with Gasteiger partial charge in [-0.3, -0.25) is 4.79 Å². The van der Waals surface area contributed by atoms with Gasteiger partial charge in [-0.25, -0.2) is 0 Å². The lowest BCUT2D eigenvalue weighted by Crippen LogP contribution is -2.00. The van der Waals surface area contributed by atoms with Crippen LogP contribution in [-0.4, -0.2) is 12.9 Å². The van der Waals surface area contributed by atoms with Gasteiger partial charge in [0.2, 0.25) is 5.78 Å². The molecule has 0 heterocycles. The van der Waals surface area contributed by atoms with E-state index in [1.165, 1.54) is 7.11 Å². The van der Waals surface area contributed by atoms with Gasteiger partial charge in [0, 0.05) is 12.0 Å². The Morgan fingerprint density at radius 2 is 2.23 bits per heavy atom. The van der Waals surface area contributed by atoms with Gasteiger partial charge in [-0.1, -0.05) is 18.2 Å². The van der Waals surface area contributed by atoms with Crippen LogP contribution in [0.3, 0.4) is 0 Å². The molecule has 0 saturated heterocycles. The monoisotopic (exact) mass is 175 g/mol. The smallest absolute Gasteiger partial charge is 0.236 e. The maximum atomic E-state index is 10.8. The lowest BCUT2D eigenvalue weighted by molar-refractivity contribution is -0.113. The van der Waals surface area contributed by atoms with Crippen LogP contribution in [0.25, 0.3) is 0 Å². The van der Waals surface area contributed by atoms with Gasteiger partial charge < -0.3 is 4.74 Å². The lowest BCUT2D eigenvalue weighted by Gasteiger charge is -2.04. The minimum absolute atomic E-state index is 0.112. The van der Waals surface area contributed by atoms with Crippen LogP contribution in [-0.2, 0) is 11.2 Å². The summed E-state index contributed by atoms with van der Waals surface area (Å²) in [5.41, 5.74) is 0.747. The second kappa shape index (κ2) is 4.27. The Balaban J connectivity index is 2.88. The van der Waals surface area contributed by atoms with E-state index in [0.29, 0.717) is 5.75 Å². The van der Waals surface area contributed by atoms with E-state index in [-0.39, 0.29) is 6.42 Å². The molecule has 0 spiro atoms. The highest BCUT2D eigenvalue weighted by atomic mass is 16.5. The zero-order valence-corrected chi connectivity index (χ0v) is 7.28. The first-order chi connectivity index (χ1) is 6.27. The third kappa shape index (κ3) is 2.31. The highest BCUT2D eigenvalue weighted by Crippen LogP contribution is 2.17. The Morgan fingerprint density at radius 1 is 1.54 bits per heavy atom. The molecule has 0 radical (unpaired) electrons. The molecule has 0 aromatic heterocycles. The molecule has 1 rings (SSSR count). The second-order valence-corrected chi connectivity index (χ2v) is 2.52. The fourth-order valence-electron chi connectivity index (χ4n) is 1.06. The van der Waals surface area contributed by atoms with Crippen molar-refractivity contribution in [1.82, 2.24) is 0 Å². The zero-order chi connectivity index (χ0) is 9.68. The molecular weight excluding hydrogens is 166 g/mol. The summed E-state index contributed by atoms with van der Waals surface area (Å²) in [5.74, 6) is 0.190. The van der Waals surface area contributed by atoms with E-state index >= 15 is 0 Å². The maximum Gasteiger partial charge on any atom is 0.236 e. The maximum absolute atomic E-state index is 10.8. The van der Waals surface area contributed by atoms with Crippen LogP contribution in [0.2, 0.25) is 0 Å². The van der Waals surface area contributed by atoms with Crippen molar-refractivity contribution in [2.24, 2.45) is 0 Å². The van der Waals surface area contributed by atoms with E-state index in [2.05, 4.69) is 0 Å². The number of rotatable bonds is 3. The molecule has 0 atom stereocenters. The van der Waals surface area contributed by atoms with E-state index in [4.69, 9.17) is 10.00 Å². The minimum Gasteiger partial charge on any atom is -0.496 e. The quantitative estimate of drug-likeness (QED) is 0.651. The number of carbonyl (C=O) groups is 1. The second-order valence-electron chi connectivity index (χ2n) is 2.52. The topological polar surface area (TPSA) is 50.1 Å². The molecule has 3 heteroatoms. The molecule has 66 valence electrons. The van der Waals surface area contributed by atoms with E-state index in [1.54, 1.807) is 18.2 Å². The van der Waals surface area contributed by atoms with Gasteiger partial charge in [-0.2, -0.15) is 5.26 Å². The van der Waals surface area contributed by atoms with Crippen molar-refractivity contribution in [3.63, 3.8) is 0 Å². The third-order valence-electron chi connectivity index (χ3n) is 1.67. The Kier molecular flexibility index (Phi) is 3.04. The summed E-state index contributed by atoms with van der Waals surface area (Å²) in [6.45, 7) is 0. The van der Waals surface area contributed by atoms with Gasteiger partial charge >= 0.3 is 0 Å². The van der Waals surface area contributed by atoms with Crippen molar-refractivity contribution in [1.29, 1.82) is 5.26 Å². The van der Waals surface area contributed by atoms with Crippen molar-refractivity contribution >= 4 is 5.78 Å². The number of ether oxygens (including phenoxy) is 1. The fourth-order valence-corrected chi connectivity index (χ4v) is 1.06. The molecule has 13 heavy (non-hydrogen) atoms. The standard InChI is InChI=1S/C10H9NO2/c1-13-10-5-3-2-4-8(10)6-9(12)7-11/h2-5H,6H2,1H3. The van der Waals surface area contributed by atoms with Crippen LogP contribution in [0, 0.1) is 11.3 Å². The molecule has 0 unspecified atom stereocenters. The van der Waals surface area contributed by atoms with Crippen LogP contribution in [0.4, 0.5) is 0 Å². The Labute approximate surface area is 76.6 Å². The summed E-state index contributed by atoms with van der Waals surface area (Å²) in [6, 6.07) is 8.73. The number of nitrogens with zero attached hydrogens (tertiary/aromatic N) is 1. The minimum atomic E-state index is -0.454. The summed E-state index contributed by atoms with van der Waals surface area (Å²) >= 11 is 0. The van der Waals surface area contributed by atoms with Crippen LogP contribution >= 0.6 is 0 Å². The van der Waals surface area contributed by atoms with Crippen LogP contribution < -0.4 is 4.74 Å². The first-order valence-electron chi connectivity index (χ1n) is 3.82. The zero-order valence-electron chi connectivity index (χ0n) is 7.28. The van der Waals surface area contributed by atoms with Crippen LogP contribution in [0.1, 0.15) is 5.56 Å². The summed E-state index contributed by atoms with van der Waals surface area (Å²) < 4.78 is 5.03. The van der Waals surface area contributed by atoms with Crippen molar-refractivity contribution in [2.75, 3.05) is 7.11 Å². The number of para-hydroxylation sites is 1. The number of benzene rings is 1. The van der Waals surface area contributed by atoms with E-state index in [1.807, 2.05) is 12.1 Å². The van der Waals surface area contributed by atoms with E-state index < -0.39 is 5.78 Å².